The van der Waals surface area contributed by atoms with Crippen molar-refractivity contribution in [2.75, 3.05) is 6.61 Å². The monoisotopic (exact) mass is 289 g/mol. The highest BCUT2D eigenvalue weighted by molar-refractivity contribution is 5.91. The van der Waals surface area contributed by atoms with E-state index in [1.165, 1.54) is 17.7 Å². The molecule has 1 aromatic heterocycles. The number of ether oxygens (including phenoxy) is 1. The summed E-state index contributed by atoms with van der Waals surface area (Å²) in [7, 11) is 0. The Kier molecular flexibility index (Phi) is 4.40. The molecule has 2 rings (SSSR count). The summed E-state index contributed by atoms with van der Waals surface area (Å²) in [5.41, 5.74) is 3.73. The van der Waals surface area contributed by atoms with Crippen molar-refractivity contribution in [1.82, 2.24) is 4.98 Å². The van der Waals surface area contributed by atoms with E-state index in [4.69, 9.17) is 9.72 Å². The number of aromatic nitrogens is 1. The Bertz CT molecular complexity index is 543. The molecule has 2 atom stereocenters. The van der Waals surface area contributed by atoms with Crippen molar-refractivity contribution in [3.05, 3.63) is 28.6 Å². The third kappa shape index (κ3) is 3.12. The van der Waals surface area contributed by atoms with Crippen LogP contribution in [0.2, 0.25) is 0 Å². The smallest absolute Gasteiger partial charge is 0.340 e. The average molecular weight is 289 g/mol. The van der Waals surface area contributed by atoms with Crippen LogP contribution in [0.4, 0.5) is 0 Å². The molecule has 0 saturated heterocycles. The first-order valence-corrected chi connectivity index (χ1v) is 7.98. The van der Waals surface area contributed by atoms with Crippen LogP contribution in [0.15, 0.2) is 6.07 Å². The van der Waals surface area contributed by atoms with Crippen molar-refractivity contribution in [2.45, 2.75) is 71.6 Å². The molecule has 2 unspecified atom stereocenters. The second kappa shape index (κ2) is 5.78. The van der Waals surface area contributed by atoms with E-state index in [1.807, 2.05) is 13.0 Å². The molecule has 1 heterocycles. The van der Waals surface area contributed by atoms with E-state index in [9.17, 15) is 4.79 Å². The minimum atomic E-state index is -0.247. The normalized spacial score (nSPS) is 21.8. The first-order valence-electron chi connectivity index (χ1n) is 7.98. The number of carbonyl (C=O) groups excluding carboxylic acids is 1. The molecular formula is C18H27NO2. The van der Waals surface area contributed by atoms with E-state index in [0.29, 0.717) is 24.0 Å². The van der Waals surface area contributed by atoms with Gasteiger partial charge in [-0.3, -0.25) is 4.98 Å². The lowest BCUT2D eigenvalue weighted by atomic mass is 9.78. The van der Waals surface area contributed by atoms with Gasteiger partial charge in [-0.2, -0.15) is 0 Å². The van der Waals surface area contributed by atoms with Gasteiger partial charge in [0.1, 0.15) is 0 Å². The Morgan fingerprint density at radius 3 is 2.48 bits per heavy atom. The third-order valence-corrected chi connectivity index (χ3v) is 4.32. The number of rotatable bonds is 2. The molecule has 0 aliphatic heterocycles. The second-order valence-corrected chi connectivity index (χ2v) is 7.21. The van der Waals surface area contributed by atoms with Gasteiger partial charge in [0, 0.05) is 11.1 Å². The first-order chi connectivity index (χ1) is 9.75. The van der Waals surface area contributed by atoms with Crippen LogP contribution < -0.4 is 0 Å². The van der Waals surface area contributed by atoms with Crippen LogP contribution >= 0.6 is 0 Å². The van der Waals surface area contributed by atoms with Crippen LogP contribution in [0.25, 0.3) is 0 Å². The summed E-state index contributed by atoms with van der Waals surface area (Å²) in [5, 5.41) is 0. The highest BCUT2D eigenvalue weighted by Crippen LogP contribution is 2.39. The van der Waals surface area contributed by atoms with Gasteiger partial charge in [0.25, 0.3) is 0 Å². The summed E-state index contributed by atoms with van der Waals surface area (Å²) in [5.74, 6) is 0.683. The molecule has 0 bridgehead atoms. The number of carbonyl (C=O) groups is 1. The van der Waals surface area contributed by atoms with E-state index >= 15 is 0 Å². The van der Waals surface area contributed by atoms with Crippen LogP contribution in [0.1, 0.15) is 93.5 Å². The largest absolute Gasteiger partial charge is 0.462 e. The molecule has 0 saturated carbocycles. The lowest BCUT2D eigenvalue weighted by Crippen LogP contribution is -2.24. The minimum absolute atomic E-state index is 0.169. The van der Waals surface area contributed by atoms with Crippen LogP contribution in [-0.4, -0.2) is 17.6 Å². The van der Waals surface area contributed by atoms with E-state index in [-0.39, 0.29) is 11.4 Å². The number of fused-ring (bicyclic) bond motifs is 1. The predicted molar refractivity (Wildman–Crippen MR) is 85.0 cm³/mol. The Morgan fingerprint density at radius 2 is 1.90 bits per heavy atom. The Morgan fingerprint density at radius 1 is 1.29 bits per heavy atom. The van der Waals surface area contributed by atoms with Gasteiger partial charge in [-0.05, 0) is 43.2 Å². The molecule has 116 valence electrons. The second-order valence-electron chi connectivity index (χ2n) is 7.21. The fraction of sp³-hybridized carbons (Fsp3) is 0.667. The zero-order chi connectivity index (χ0) is 15.8. The maximum Gasteiger partial charge on any atom is 0.340 e. The molecule has 0 fully saturated rings. The summed E-state index contributed by atoms with van der Waals surface area (Å²) in [6, 6.07) is 2.04. The van der Waals surface area contributed by atoms with Crippen LogP contribution in [0, 0.1) is 0 Å². The lowest BCUT2D eigenvalue weighted by molar-refractivity contribution is 0.0522. The van der Waals surface area contributed by atoms with Gasteiger partial charge in [0.05, 0.1) is 17.9 Å². The molecule has 1 aliphatic carbocycles. The van der Waals surface area contributed by atoms with Crippen molar-refractivity contribution < 1.29 is 9.53 Å². The molecular weight excluding hydrogens is 262 g/mol. The van der Waals surface area contributed by atoms with Gasteiger partial charge in [0.15, 0.2) is 0 Å². The standard InChI is InChI=1S/C18H27NO2/c1-7-21-17(20)14-10-13-11(2)8-9-12(3)15(13)19-16(14)18(4,5)6/h10-12H,7-9H2,1-6H3. The van der Waals surface area contributed by atoms with Crippen LogP contribution in [0.3, 0.4) is 0 Å². The summed E-state index contributed by atoms with van der Waals surface area (Å²) in [4.78, 5) is 17.2. The predicted octanol–water partition coefficient (Wildman–Crippen LogP) is 4.56. The first kappa shape index (κ1) is 16.0. The molecule has 0 amide bonds. The molecule has 3 nitrogen and oxygen atoms in total. The summed E-state index contributed by atoms with van der Waals surface area (Å²) in [6.07, 6.45) is 2.33. The SMILES string of the molecule is CCOC(=O)c1cc2c(nc1C(C)(C)C)C(C)CCC2C. The molecule has 1 aliphatic rings. The molecule has 0 radical (unpaired) electrons. The topological polar surface area (TPSA) is 39.2 Å². The Labute approximate surface area is 128 Å². The zero-order valence-corrected chi connectivity index (χ0v) is 14.1. The van der Waals surface area contributed by atoms with Crippen LogP contribution in [-0.2, 0) is 10.2 Å². The van der Waals surface area contributed by atoms with Crippen molar-refractivity contribution >= 4 is 5.97 Å². The van der Waals surface area contributed by atoms with E-state index < -0.39 is 0 Å². The van der Waals surface area contributed by atoms with Gasteiger partial charge < -0.3 is 4.74 Å². The van der Waals surface area contributed by atoms with Gasteiger partial charge in [0.2, 0.25) is 0 Å². The lowest BCUT2D eigenvalue weighted by Gasteiger charge is -2.30. The number of pyridine rings is 1. The van der Waals surface area contributed by atoms with Crippen molar-refractivity contribution in [3.8, 4) is 0 Å². The molecule has 3 heteroatoms. The summed E-state index contributed by atoms with van der Waals surface area (Å²) >= 11 is 0. The molecule has 0 spiro atoms. The minimum Gasteiger partial charge on any atom is -0.462 e. The van der Waals surface area contributed by atoms with Crippen molar-refractivity contribution in [3.63, 3.8) is 0 Å². The van der Waals surface area contributed by atoms with E-state index in [0.717, 1.165) is 12.1 Å². The van der Waals surface area contributed by atoms with Gasteiger partial charge in [-0.25, -0.2) is 4.79 Å². The zero-order valence-electron chi connectivity index (χ0n) is 14.1. The number of nitrogens with zero attached hydrogens (tertiary/aromatic N) is 1. The van der Waals surface area contributed by atoms with E-state index in [2.05, 4.69) is 34.6 Å². The summed E-state index contributed by atoms with van der Waals surface area (Å²) < 4.78 is 5.24. The highest BCUT2D eigenvalue weighted by Gasteiger charge is 2.31. The quantitative estimate of drug-likeness (QED) is 0.749. The number of hydrogen-bond donors (Lipinski definition) is 0. The fourth-order valence-electron chi connectivity index (χ4n) is 3.06. The molecule has 0 aromatic carbocycles. The molecule has 0 N–H and O–H groups in total. The van der Waals surface area contributed by atoms with Crippen molar-refractivity contribution in [1.29, 1.82) is 0 Å². The van der Waals surface area contributed by atoms with Gasteiger partial charge in [-0.15, -0.1) is 0 Å². The van der Waals surface area contributed by atoms with Crippen LogP contribution in [0.5, 0.6) is 0 Å². The maximum absolute atomic E-state index is 12.3. The average Bonchev–Trinajstić information content (AvgIpc) is 2.41. The number of esters is 1. The van der Waals surface area contributed by atoms with E-state index in [1.54, 1.807) is 0 Å². The highest BCUT2D eigenvalue weighted by atomic mass is 16.5. The van der Waals surface area contributed by atoms with Gasteiger partial charge >= 0.3 is 5.97 Å². The molecule has 1 aromatic rings. The fourth-order valence-corrected chi connectivity index (χ4v) is 3.06. The molecule has 21 heavy (non-hydrogen) atoms. The number of hydrogen-bond acceptors (Lipinski definition) is 3. The Hall–Kier alpha value is -1.38. The summed E-state index contributed by atoms with van der Waals surface area (Å²) in [6.45, 7) is 13.0. The maximum atomic E-state index is 12.3. The Balaban J connectivity index is 2.63. The van der Waals surface area contributed by atoms with Crippen molar-refractivity contribution in [2.24, 2.45) is 0 Å². The van der Waals surface area contributed by atoms with Gasteiger partial charge in [-0.1, -0.05) is 34.6 Å². The third-order valence-electron chi connectivity index (χ3n) is 4.32.